The minimum atomic E-state index is 0.0409. The maximum atomic E-state index is 3.79. The molecule has 0 aromatic heterocycles. The minimum absolute atomic E-state index is 0.0409. The molecule has 3 heteroatoms. The van der Waals surface area contributed by atoms with Gasteiger partial charge in [0.2, 0.25) is 0 Å². The number of thioether (sulfide) groups is 1. The maximum Gasteiger partial charge on any atom is 0.111 e. The van der Waals surface area contributed by atoms with Crippen molar-refractivity contribution in [3.63, 3.8) is 0 Å². The van der Waals surface area contributed by atoms with Crippen LogP contribution in [-0.4, -0.2) is 8.48 Å². The van der Waals surface area contributed by atoms with E-state index in [0.717, 1.165) is 5.92 Å². The number of alkyl halides is 2. The van der Waals surface area contributed by atoms with Crippen LogP contribution in [0.25, 0.3) is 0 Å². The van der Waals surface area contributed by atoms with Gasteiger partial charge < -0.3 is 0 Å². The van der Waals surface area contributed by atoms with Crippen molar-refractivity contribution >= 4 is 43.6 Å². The number of rotatable bonds is 10. The van der Waals surface area contributed by atoms with Crippen LogP contribution in [0.1, 0.15) is 71.6 Å². The van der Waals surface area contributed by atoms with Gasteiger partial charge in [0.25, 0.3) is 0 Å². The van der Waals surface area contributed by atoms with Gasteiger partial charge in [0.05, 0.1) is 0 Å². The fraction of sp³-hybridized carbons (Fsp3) is 0.875. The molecule has 1 aliphatic rings. The molecule has 2 atom stereocenters. The van der Waals surface area contributed by atoms with Crippen LogP contribution in [0.3, 0.4) is 0 Å². The molecular weight excluding hydrogens is 384 g/mol. The van der Waals surface area contributed by atoms with Crippen molar-refractivity contribution in [3.8, 4) is 0 Å². The number of unbranched alkanes of at least 4 members (excludes halogenated alkanes) is 5. The highest BCUT2D eigenvalue weighted by Crippen LogP contribution is 2.47. The molecular formula is C16H28Br2S. The second-order valence-electron chi connectivity index (χ2n) is 5.67. The molecule has 0 fully saturated rings. The first-order valence-corrected chi connectivity index (χ1v) is 10.3. The molecule has 0 aliphatic carbocycles. The van der Waals surface area contributed by atoms with E-state index in [9.17, 15) is 0 Å². The van der Waals surface area contributed by atoms with Gasteiger partial charge in [-0.1, -0.05) is 97.1 Å². The smallest absolute Gasteiger partial charge is 0.111 e. The highest BCUT2D eigenvalue weighted by Gasteiger charge is 2.36. The number of halogens is 2. The zero-order valence-electron chi connectivity index (χ0n) is 12.3. The first-order valence-electron chi connectivity index (χ1n) is 7.81. The van der Waals surface area contributed by atoms with Crippen molar-refractivity contribution in [2.75, 3.05) is 0 Å². The lowest BCUT2D eigenvalue weighted by Gasteiger charge is -2.26. The zero-order valence-corrected chi connectivity index (χ0v) is 16.3. The molecule has 0 saturated heterocycles. The van der Waals surface area contributed by atoms with Gasteiger partial charge in [-0.2, -0.15) is 0 Å². The van der Waals surface area contributed by atoms with Crippen molar-refractivity contribution in [2.45, 2.75) is 80.1 Å². The molecule has 0 amide bonds. The normalized spacial score (nSPS) is 22.8. The van der Waals surface area contributed by atoms with Crippen molar-refractivity contribution in [1.82, 2.24) is 0 Å². The maximum absolute atomic E-state index is 3.79. The molecule has 0 radical (unpaired) electrons. The predicted molar refractivity (Wildman–Crippen MR) is 97.5 cm³/mol. The summed E-state index contributed by atoms with van der Waals surface area (Å²) in [5, 5.41) is 2.88. The van der Waals surface area contributed by atoms with Crippen molar-refractivity contribution < 1.29 is 0 Å². The second kappa shape index (κ2) is 9.89. The van der Waals surface area contributed by atoms with Gasteiger partial charge in [-0.25, -0.2) is 0 Å². The molecule has 0 spiro atoms. The van der Waals surface area contributed by atoms with Crippen molar-refractivity contribution in [3.05, 3.63) is 11.5 Å². The summed E-state index contributed by atoms with van der Waals surface area (Å²) in [5.74, 6) is 0.887. The van der Waals surface area contributed by atoms with Gasteiger partial charge in [0, 0.05) is 5.25 Å². The van der Waals surface area contributed by atoms with E-state index in [-0.39, 0.29) is 3.23 Å². The van der Waals surface area contributed by atoms with Crippen LogP contribution in [0.15, 0.2) is 11.5 Å². The quantitative estimate of drug-likeness (QED) is 0.269. The summed E-state index contributed by atoms with van der Waals surface area (Å²) in [6.45, 7) is 4.63. The van der Waals surface area contributed by atoms with E-state index in [1.54, 1.807) is 0 Å². The lowest BCUT2D eigenvalue weighted by Crippen LogP contribution is -2.24. The molecule has 0 nitrogen and oxygen atoms in total. The molecule has 2 unspecified atom stereocenters. The SMILES string of the molecule is CCCCCCCCC(CC)CC1SC=CC1(Br)Br. The summed E-state index contributed by atoms with van der Waals surface area (Å²) < 4.78 is 0.0409. The molecule has 112 valence electrons. The zero-order chi connectivity index (χ0) is 14.1. The van der Waals surface area contributed by atoms with Crippen LogP contribution < -0.4 is 0 Å². The van der Waals surface area contributed by atoms with Gasteiger partial charge in [0.1, 0.15) is 3.23 Å². The Morgan fingerprint density at radius 3 is 2.37 bits per heavy atom. The molecule has 0 saturated carbocycles. The third-order valence-electron chi connectivity index (χ3n) is 4.05. The van der Waals surface area contributed by atoms with Crippen LogP contribution >= 0.6 is 43.6 Å². The molecule has 1 rings (SSSR count). The third-order valence-corrected chi connectivity index (χ3v) is 7.48. The Morgan fingerprint density at radius 1 is 1.11 bits per heavy atom. The van der Waals surface area contributed by atoms with Gasteiger partial charge >= 0.3 is 0 Å². The fourth-order valence-electron chi connectivity index (χ4n) is 2.64. The van der Waals surface area contributed by atoms with Gasteiger partial charge in [-0.05, 0) is 23.8 Å². The number of allylic oxidation sites excluding steroid dienone is 1. The van der Waals surface area contributed by atoms with E-state index in [4.69, 9.17) is 0 Å². The summed E-state index contributed by atoms with van der Waals surface area (Å²) in [6, 6.07) is 0. The predicted octanol–water partition coefficient (Wildman–Crippen LogP) is 7.27. The Balaban J connectivity index is 2.16. The standard InChI is InChI=1S/C16H28Br2S/c1-3-5-6-7-8-9-10-14(4-2)13-15-16(17,18)11-12-19-15/h11-12,14-15H,3-10,13H2,1-2H3. The molecule has 19 heavy (non-hydrogen) atoms. The summed E-state index contributed by atoms with van der Waals surface area (Å²) in [5.41, 5.74) is 0. The third kappa shape index (κ3) is 7.04. The Bertz CT molecular complexity index is 263. The lowest BCUT2D eigenvalue weighted by atomic mass is 9.92. The van der Waals surface area contributed by atoms with Gasteiger partial charge in [0.15, 0.2) is 0 Å². The van der Waals surface area contributed by atoms with Crippen LogP contribution in [0.4, 0.5) is 0 Å². The molecule has 0 aromatic rings. The van der Waals surface area contributed by atoms with Crippen LogP contribution in [0, 0.1) is 5.92 Å². The molecule has 1 aliphatic heterocycles. The highest BCUT2D eigenvalue weighted by molar-refractivity contribution is 9.25. The molecule has 0 bridgehead atoms. The number of hydrogen-bond acceptors (Lipinski definition) is 1. The van der Waals surface area contributed by atoms with Crippen LogP contribution in [0.5, 0.6) is 0 Å². The number of hydrogen-bond donors (Lipinski definition) is 0. The Hall–Kier alpha value is 1.05. The van der Waals surface area contributed by atoms with E-state index >= 15 is 0 Å². The monoisotopic (exact) mass is 410 g/mol. The Kier molecular flexibility index (Phi) is 9.42. The first-order chi connectivity index (χ1) is 9.10. The van der Waals surface area contributed by atoms with E-state index in [1.807, 2.05) is 11.8 Å². The average Bonchev–Trinajstić information content (AvgIpc) is 2.71. The fourth-order valence-corrected chi connectivity index (χ4v) is 5.40. The van der Waals surface area contributed by atoms with Gasteiger partial charge in [-0.15, -0.1) is 11.8 Å². The largest absolute Gasteiger partial charge is 0.128 e. The highest BCUT2D eigenvalue weighted by atomic mass is 79.9. The average molecular weight is 412 g/mol. The molecule has 0 aromatic carbocycles. The minimum Gasteiger partial charge on any atom is -0.128 e. The molecule has 1 heterocycles. The first kappa shape index (κ1) is 18.1. The summed E-state index contributed by atoms with van der Waals surface area (Å²) in [7, 11) is 0. The van der Waals surface area contributed by atoms with E-state index in [1.165, 1.54) is 57.8 Å². The Labute approximate surface area is 140 Å². The molecule has 0 N–H and O–H groups in total. The van der Waals surface area contributed by atoms with Crippen LogP contribution in [-0.2, 0) is 0 Å². The Morgan fingerprint density at radius 2 is 1.79 bits per heavy atom. The van der Waals surface area contributed by atoms with Crippen LogP contribution in [0.2, 0.25) is 0 Å². The van der Waals surface area contributed by atoms with Gasteiger partial charge in [-0.3, -0.25) is 0 Å². The lowest BCUT2D eigenvalue weighted by molar-refractivity contribution is 0.408. The summed E-state index contributed by atoms with van der Waals surface area (Å²) >= 11 is 9.54. The summed E-state index contributed by atoms with van der Waals surface area (Å²) in [6.07, 6.45) is 14.8. The second-order valence-corrected chi connectivity index (χ2v) is 10.5. The van der Waals surface area contributed by atoms with E-state index in [0.29, 0.717) is 5.25 Å². The van der Waals surface area contributed by atoms with E-state index in [2.05, 4.69) is 57.2 Å². The summed E-state index contributed by atoms with van der Waals surface area (Å²) in [4.78, 5) is 0. The van der Waals surface area contributed by atoms with Crippen molar-refractivity contribution in [1.29, 1.82) is 0 Å². The van der Waals surface area contributed by atoms with Crippen molar-refractivity contribution in [2.24, 2.45) is 5.92 Å². The topological polar surface area (TPSA) is 0 Å². The van der Waals surface area contributed by atoms with E-state index < -0.39 is 0 Å².